The molecule has 1 aromatic carbocycles. The van der Waals surface area contributed by atoms with Gasteiger partial charge in [-0.3, -0.25) is 4.79 Å². The first kappa shape index (κ1) is 12.7. The number of amides is 1. The van der Waals surface area contributed by atoms with Gasteiger partial charge < -0.3 is 5.32 Å². The molecule has 2 nitrogen and oxygen atoms in total. The molecule has 1 rings (SSSR count). The van der Waals surface area contributed by atoms with Crippen molar-refractivity contribution in [2.24, 2.45) is 0 Å². The predicted molar refractivity (Wildman–Crippen MR) is 64.5 cm³/mol. The molecule has 0 saturated carbocycles. The van der Waals surface area contributed by atoms with E-state index in [9.17, 15) is 9.18 Å². The smallest absolute Gasteiger partial charge is 0.252 e. The predicted octanol–water partition coefficient (Wildman–Crippen LogP) is 2.73. The molecule has 1 atom stereocenters. The third-order valence-electron chi connectivity index (χ3n) is 2.04. The van der Waals surface area contributed by atoms with Gasteiger partial charge in [-0.15, -0.1) is 6.42 Å². The Kier molecular flexibility index (Phi) is 4.51. The van der Waals surface area contributed by atoms with Crippen LogP contribution in [0, 0.1) is 18.2 Å². The summed E-state index contributed by atoms with van der Waals surface area (Å²) in [4.78, 5) is 11.7. The van der Waals surface area contributed by atoms with Crippen LogP contribution >= 0.6 is 15.9 Å². The van der Waals surface area contributed by atoms with Crippen molar-refractivity contribution in [2.45, 2.75) is 19.4 Å². The topological polar surface area (TPSA) is 29.1 Å². The number of carbonyl (C=O) groups is 1. The summed E-state index contributed by atoms with van der Waals surface area (Å²) in [5, 5.41) is 2.62. The van der Waals surface area contributed by atoms with Gasteiger partial charge >= 0.3 is 0 Å². The van der Waals surface area contributed by atoms with E-state index in [0.717, 1.165) is 0 Å². The molecule has 0 fully saturated rings. The van der Waals surface area contributed by atoms with Crippen molar-refractivity contribution in [3.8, 4) is 12.3 Å². The molecule has 0 saturated heterocycles. The van der Waals surface area contributed by atoms with Crippen molar-refractivity contribution in [3.63, 3.8) is 0 Å². The maximum Gasteiger partial charge on any atom is 0.252 e. The van der Waals surface area contributed by atoms with Crippen LogP contribution < -0.4 is 5.32 Å². The van der Waals surface area contributed by atoms with E-state index >= 15 is 0 Å². The molecule has 84 valence electrons. The SMILES string of the molecule is C#CC(CC)NC(=O)c1cc(F)cc(Br)c1. The van der Waals surface area contributed by atoms with Crippen molar-refractivity contribution >= 4 is 21.8 Å². The van der Waals surface area contributed by atoms with E-state index in [1.54, 1.807) is 6.07 Å². The standard InChI is InChI=1S/C12H11BrFNO/c1-3-11(4-2)15-12(16)8-5-9(13)7-10(14)6-8/h1,5-7,11H,4H2,2H3,(H,15,16). The minimum Gasteiger partial charge on any atom is -0.338 e. The number of halogens is 2. The molecule has 0 aliphatic rings. The molecule has 1 N–H and O–H groups in total. The fourth-order valence-corrected chi connectivity index (χ4v) is 1.65. The zero-order valence-electron chi connectivity index (χ0n) is 8.76. The molecule has 0 heterocycles. The van der Waals surface area contributed by atoms with Gasteiger partial charge in [0.25, 0.3) is 5.91 Å². The van der Waals surface area contributed by atoms with Gasteiger partial charge in [-0.05, 0) is 24.6 Å². The molecule has 0 aromatic heterocycles. The van der Waals surface area contributed by atoms with Gasteiger partial charge in [0.05, 0.1) is 6.04 Å². The number of hydrogen-bond acceptors (Lipinski definition) is 1. The molecule has 1 amide bonds. The Balaban J connectivity index is 2.85. The van der Waals surface area contributed by atoms with Crippen molar-refractivity contribution in [3.05, 3.63) is 34.1 Å². The normalized spacial score (nSPS) is 11.6. The van der Waals surface area contributed by atoms with Crippen LogP contribution in [0.5, 0.6) is 0 Å². The van der Waals surface area contributed by atoms with Crippen molar-refractivity contribution in [1.29, 1.82) is 0 Å². The van der Waals surface area contributed by atoms with E-state index in [1.807, 2.05) is 6.92 Å². The van der Waals surface area contributed by atoms with E-state index in [0.29, 0.717) is 10.9 Å². The summed E-state index contributed by atoms with van der Waals surface area (Å²) >= 11 is 3.12. The second-order valence-electron chi connectivity index (χ2n) is 3.26. The summed E-state index contributed by atoms with van der Waals surface area (Å²) < 4.78 is 13.6. The first-order valence-electron chi connectivity index (χ1n) is 4.80. The van der Waals surface area contributed by atoms with Crippen LogP contribution in [-0.4, -0.2) is 11.9 Å². The summed E-state index contributed by atoms with van der Waals surface area (Å²) in [6.45, 7) is 1.87. The Hall–Kier alpha value is -1.34. The van der Waals surface area contributed by atoms with E-state index in [1.165, 1.54) is 12.1 Å². The minimum absolute atomic E-state index is 0.251. The number of hydrogen-bond donors (Lipinski definition) is 1. The maximum atomic E-state index is 13.0. The Morgan fingerprint density at radius 1 is 1.62 bits per heavy atom. The highest BCUT2D eigenvalue weighted by molar-refractivity contribution is 9.10. The van der Waals surface area contributed by atoms with Crippen LogP contribution in [0.25, 0.3) is 0 Å². The highest BCUT2D eigenvalue weighted by atomic mass is 79.9. The van der Waals surface area contributed by atoms with E-state index in [2.05, 4.69) is 27.2 Å². The average Bonchev–Trinajstić information content (AvgIpc) is 2.24. The zero-order chi connectivity index (χ0) is 12.1. The Morgan fingerprint density at radius 2 is 2.31 bits per heavy atom. The van der Waals surface area contributed by atoms with Crippen LogP contribution in [0.2, 0.25) is 0 Å². The van der Waals surface area contributed by atoms with Crippen LogP contribution in [-0.2, 0) is 0 Å². The van der Waals surface area contributed by atoms with Crippen molar-refractivity contribution < 1.29 is 9.18 Å². The van der Waals surface area contributed by atoms with Gasteiger partial charge in [-0.2, -0.15) is 0 Å². The summed E-state index contributed by atoms with van der Waals surface area (Å²) in [6, 6.07) is 3.68. The number of terminal acetylenes is 1. The van der Waals surface area contributed by atoms with Crippen LogP contribution in [0.3, 0.4) is 0 Å². The molecule has 0 aliphatic heterocycles. The number of rotatable bonds is 3. The van der Waals surface area contributed by atoms with Crippen LogP contribution in [0.15, 0.2) is 22.7 Å². The Labute approximate surface area is 102 Å². The Bertz CT molecular complexity index is 419. The largest absolute Gasteiger partial charge is 0.338 e. The third kappa shape index (κ3) is 3.35. The fraction of sp³-hybridized carbons (Fsp3) is 0.250. The van der Waals surface area contributed by atoms with E-state index in [4.69, 9.17) is 6.42 Å². The number of carbonyl (C=O) groups excluding carboxylic acids is 1. The molecule has 0 radical (unpaired) electrons. The molecular weight excluding hydrogens is 273 g/mol. The Morgan fingerprint density at radius 3 is 2.81 bits per heavy atom. The summed E-state index contributed by atoms with van der Waals surface area (Å²) in [7, 11) is 0. The van der Waals surface area contributed by atoms with Gasteiger partial charge in [-0.1, -0.05) is 28.8 Å². The number of nitrogens with one attached hydrogen (secondary N) is 1. The zero-order valence-corrected chi connectivity index (χ0v) is 10.3. The molecule has 1 aromatic rings. The summed E-state index contributed by atoms with van der Waals surface area (Å²) in [6.07, 6.45) is 5.86. The van der Waals surface area contributed by atoms with Gasteiger partial charge in [0, 0.05) is 10.0 Å². The van der Waals surface area contributed by atoms with Gasteiger partial charge in [0.1, 0.15) is 5.82 Å². The van der Waals surface area contributed by atoms with Gasteiger partial charge in [0.15, 0.2) is 0 Å². The van der Waals surface area contributed by atoms with Crippen molar-refractivity contribution in [2.75, 3.05) is 0 Å². The lowest BCUT2D eigenvalue weighted by Crippen LogP contribution is -2.33. The lowest BCUT2D eigenvalue weighted by atomic mass is 10.1. The van der Waals surface area contributed by atoms with Gasteiger partial charge in [-0.25, -0.2) is 4.39 Å². The second-order valence-corrected chi connectivity index (χ2v) is 4.17. The third-order valence-corrected chi connectivity index (χ3v) is 2.50. The van der Waals surface area contributed by atoms with Gasteiger partial charge in [0.2, 0.25) is 0 Å². The molecule has 16 heavy (non-hydrogen) atoms. The lowest BCUT2D eigenvalue weighted by Gasteiger charge is -2.10. The highest BCUT2D eigenvalue weighted by Crippen LogP contribution is 2.14. The molecular formula is C12H11BrFNO. The number of benzene rings is 1. The van der Waals surface area contributed by atoms with E-state index in [-0.39, 0.29) is 17.5 Å². The van der Waals surface area contributed by atoms with Crippen LogP contribution in [0.4, 0.5) is 4.39 Å². The molecule has 0 bridgehead atoms. The first-order valence-corrected chi connectivity index (χ1v) is 5.59. The van der Waals surface area contributed by atoms with Crippen LogP contribution in [0.1, 0.15) is 23.7 Å². The second kappa shape index (κ2) is 5.66. The van der Waals surface area contributed by atoms with Crippen molar-refractivity contribution in [1.82, 2.24) is 5.32 Å². The maximum absolute atomic E-state index is 13.0. The quantitative estimate of drug-likeness (QED) is 0.850. The summed E-state index contributed by atoms with van der Waals surface area (Å²) in [5.41, 5.74) is 0.251. The molecule has 1 unspecified atom stereocenters. The lowest BCUT2D eigenvalue weighted by molar-refractivity contribution is 0.0944. The van der Waals surface area contributed by atoms with E-state index < -0.39 is 5.82 Å². The monoisotopic (exact) mass is 283 g/mol. The first-order chi connectivity index (χ1) is 7.56. The molecule has 0 aliphatic carbocycles. The fourth-order valence-electron chi connectivity index (χ4n) is 1.19. The highest BCUT2D eigenvalue weighted by Gasteiger charge is 2.11. The minimum atomic E-state index is -0.465. The molecule has 0 spiro atoms. The summed E-state index contributed by atoms with van der Waals surface area (Å²) in [5.74, 6) is 1.61. The average molecular weight is 284 g/mol. The molecule has 4 heteroatoms.